The van der Waals surface area contributed by atoms with Crippen molar-refractivity contribution in [3.63, 3.8) is 0 Å². The first kappa shape index (κ1) is 13.2. The Hall–Kier alpha value is -1.77. The molecule has 3 nitrogen and oxygen atoms in total. The molecule has 0 aliphatic heterocycles. The molecule has 1 heterocycles. The van der Waals surface area contributed by atoms with Crippen molar-refractivity contribution in [3.8, 4) is 5.75 Å². The molecule has 0 saturated heterocycles. The second-order valence-electron chi connectivity index (χ2n) is 6.07. The van der Waals surface area contributed by atoms with Gasteiger partial charge in [0.2, 0.25) is 0 Å². The molecular weight excluding hydrogens is 248 g/mol. The van der Waals surface area contributed by atoms with Gasteiger partial charge in [0, 0.05) is 18.1 Å². The van der Waals surface area contributed by atoms with E-state index >= 15 is 0 Å². The lowest BCUT2D eigenvalue weighted by atomic mass is 9.83. The van der Waals surface area contributed by atoms with Gasteiger partial charge < -0.3 is 10.4 Å². The molecule has 0 radical (unpaired) electrons. The highest BCUT2D eigenvalue weighted by molar-refractivity contribution is 5.92. The maximum Gasteiger partial charge on any atom is 0.133 e. The molecule has 2 aromatic rings. The van der Waals surface area contributed by atoms with Gasteiger partial charge in [0.1, 0.15) is 11.6 Å². The highest BCUT2D eigenvalue weighted by Gasteiger charge is 2.18. The van der Waals surface area contributed by atoms with Crippen LogP contribution >= 0.6 is 0 Å². The number of hydrogen-bond acceptors (Lipinski definition) is 3. The van der Waals surface area contributed by atoms with Crippen molar-refractivity contribution in [3.05, 3.63) is 30.5 Å². The van der Waals surface area contributed by atoms with Crippen molar-refractivity contribution in [2.24, 2.45) is 11.8 Å². The summed E-state index contributed by atoms with van der Waals surface area (Å²) in [6.07, 6.45) is 7.13. The number of hydrogen-bond donors (Lipinski definition) is 2. The van der Waals surface area contributed by atoms with Crippen molar-refractivity contribution < 1.29 is 5.11 Å². The molecule has 0 amide bonds. The zero-order valence-electron chi connectivity index (χ0n) is 12.0. The Kier molecular flexibility index (Phi) is 3.77. The topological polar surface area (TPSA) is 45.2 Å². The van der Waals surface area contributed by atoms with E-state index in [2.05, 4.69) is 17.2 Å². The molecule has 1 aromatic heterocycles. The standard InChI is InChI=1S/C17H22N2O/c1-12-2-4-13(5-3-12)11-19-17-16-10-15(20)7-6-14(16)8-9-18-17/h6-10,12-13,20H,2-5,11H2,1H3,(H,18,19). The van der Waals surface area contributed by atoms with Crippen LogP contribution < -0.4 is 5.32 Å². The molecule has 2 N–H and O–H groups in total. The second kappa shape index (κ2) is 5.70. The Bertz CT molecular complexity index is 589. The maximum absolute atomic E-state index is 9.65. The van der Waals surface area contributed by atoms with Crippen LogP contribution in [0, 0.1) is 11.8 Å². The second-order valence-corrected chi connectivity index (χ2v) is 6.07. The van der Waals surface area contributed by atoms with Gasteiger partial charge in [0.25, 0.3) is 0 Å². The largest absolute Gasteiger partial charge is 0.508 e. The number of fused-ring (bicyclic) bond motifs is 1. The number of anilines is 1. The minimum atomic E-state index is 0.292. The monoisotopic (exact) mass is 270 g/mol. The van der Waals surface area contributed by atoms with Crippen molar-refractivity contribution >= 4 is 16.6 Å². The average Bonchev–Trinajstić information content (AvgIpc) is 2.47. The summed E-state index contributed by atoms with van der Waals surface area (Å²) in [5.41, 5.74) is 0. The van der Waals surface area contributed by atoms with Gasteiger partial charge in [0.05, 0.1) is 0 Å². The van der Waals surface area contributed by atoms with Crippen LogP contribution in [0.15, 0.2) is 30.5 Å². The predicted molar refractivity (Wildman–Crippen MR) is 83.0 cm³/mol. The molecule has 1 saturated carbocycles. The van der Waals surface area contributed by atoms with Crippen LogP contribution in [0.5, 0.6) is 5.75 Å². The summed E-state index contributed by atoms with van der Waals surface area (Å²) in [6, 6.07) is 7.41. The third kappa shape index (κ3) is 2.87. The van der Waals surface area contributed by atoms with E-state index in [9.17, 15) is 5.11 Å². The molecular formula is C17H22N2O. The Morgan fingerprint density at radius 3 is 2.80 bits per heavy atom. The fraction of sp³-hybridized carbons (Fsp3) is 0.471. The van der Waals surface area contributed by atoms with E-state index in [1.165, 1.54) is 25.7 Å². The lowest BCUT2D eigenvalue weighted by Gasteiger charge is -2.26. The van der Waals surface area contributed by atoms with Crippen molar-refractivity contribution in [1.82, 2.24) is 4.98 Å². The molecule has 0 spiro atoms. The molecule has 1 aromatic carbocycles. The van der Waals surface area contributed by atoms with E-state index < -0.39 is 0 Å². The number of nitrogens with one attached hydrogen (secondary N) is 1. The number of aromatic hydroxyl groups is 1. The van der Waals surface area contributed by atoms with Gasteiger partial charge >= 0.3 is 0 Å². The van der Waals surface area contributed by atoms with E-state index in [1.807, 2.05) is 18.3 Å². The third-order valence-electron chi connectivity index (χ3n) is 4.44. The fourth-order valence-corrected chi connectivity index (χ4v) is 3.07. The first-order chi connectivity index (χ1) is 9.72. The Morgan fingerprint density at radius 2 is 2.00 bits per heavy atom. The maximum atomic E-state index is 9.65. The summed E-state index contributed by atoms with van der Waals surface area (Å²) in [4.78, 5) is 4.43. The summed E-state index contributed by atoms with van der Waals surface area (Å²) >= 11 is 0. The average molecular weight is 270 g/mol. The van der Waals surface area contributed by atoms with Crippen molar-refractivity contribution in [2.45, 2.75) is 32.6 Å². The van der Waals surface area contributed by atoms with Crippen molar-refractivity contribution in [2.75, 3.05) is 11.9 Å². The van der Waals surface area contributed by atoms with Gasteiger partial charge in [-0.3, -0.25) is 0 Å². The van der Waals surface area contributed by atoms with Crippen LogP contribution in [0.1, 0.15) is 32.6 Å². The predicted octanol–water partition coefficient (Wildman–Crippen LogP) is 4.18. The molecule has 3 heteroatoms. The number of phenolic OH excluding ortho intramolecular Hbond substituents is 1. The van der Waals surface area contributed by atoms with Gasteiger partial charge in [0.15, 0.2) is 0 Å². The van der Waals surface area contributed by atoms with Gasteiger partial charge in [-0.2, -0.15) is 0 Å². The van der Waals surface area contributed by atoms with E-state index in [0.717, 1.165) is 35.0 Å². The molecule has 20 heavy (non-hydrogen) atoms. The van der Waals surface area contributed by atoms with E-state index in [-0.39, 0.29) is 0 Å². The Labute approximate surface area is 120 Å². The zero-order chi connectivity index (χ0) is 13.9. The summed E-state index contributed by atoms with van der Waals surface area (Å²) in [5.74, 6) is 2.82. The van der Waals surface area contributed by atoms with Crippen LogP contribution in [-0.2, 0) is 0 Å². The lowest BCUT2D eigenvalue weighted by Crippen LogP contribution is -2.20. The van der Waals surface area contributed by atoms with Crippen LogP contribution in [0.25, 0.3) is 10.8 Å². The number of rotatable bonds is 3. The summed E-state index contributed by atoms with van der Waals surface area (Å²) in [7, 11) is 0. The number of benzene rings is 1. The zero-order valence-corrected chi connectivity index (χ0v) is 12.0. The lowest BCUT2D eigenvalue weighted by molar-refractivity contribution is 0.300. The van der Waals surface area contributed by atoms with Gasteiger partial charge in [-0.1, -0.05) is 25.8 Å². The SMILES string of the molecule is CC1CCC(CNc2nccc3ccc(O)cc23)CC1. The van der Waals surface area contributed by atoms with E-state index in [1.54, 1.807) is 12.1 Å². The van der Waals surface area contributed by atoms with Crippen molar-refractivity contribution in [1.29, 1.82) is 0 Å². The molecule has 1 aliphatic rings. The number of pyridine rings is 1. The number of nitrogens with zero attached hydrogens (tertiary/aromatic N) is 1. The van der Waals surface area contributed by atoms with Gasteiger partial charge in [-0.15, -0.1) is 0 Å². The van der Waals surface area contributed by atoms with Gasteiger partial charge in [-0.05, 0) is 48.3 Å². The van der Waals surface area contributed by atoms with Crippen LogP contribution in [-0.4, -0.2) is 16.6 Å². The van der Waals surface area contributed by atoms with Crippen LogP contribution in [0.3, 0.4) is 0 Å². The summed E-state index contributed by atoms with van der Waals surface area (Å²) in [6.45, 7) is 3.33. The molecule has 3 rings (SSSR count). The minimum Gasteiger partial charge on any atom is -0.508 e. The fourth-order valence-electron chi connectivity index (χ4n) is 3.07. The van der Waals surface area contributed by atoms with Crippen LogP contribution in [0.2, 0.25) is 0 Å². The molecule has 1 aliphatic carbocycles. The highest BCUT2D eigenvalue weighted by atomic mass is 16.3. The Morgan fingerprint density at radius 1 is 1.20 bits per heavy atom. The van der Waals surface area contributed by atoms with Gasteiger partial charge in [-0.25, -0.2) is 4.98 Å². The first-order valence-corrected chi connectivity index (χ1v) is 7.54. The molecule has 106 valence electrons. The third-order valence-corrected chi connectivity index (χ3v) is 4.44. The van der Waals surface area contributed by atoms with Crippen LogP contribution in [0.4, 0.5) is 5.82 Å². The smallest absolute Gasteiger partial charge is 0.133 e. The number of aromatic nitrogens is 1. The highest BCUT2D eigenvalue weighted by Crippen LogP contribution is 2.29. The Balaban J connectivity index is 1.72. The minimum absolute atomic E-state index is 0.292. The first-order valence-electron chi connectivity index (χ1n) is 7.54. The summed E-state index contributed by atoms with van der Waals surface area (Å²) < 4.78 is 0. The van der Waals surface area contributed by atoms with E-state index in [4.69, 9.17) is 0 Å². The summed E-state index contributed by atoms with van der Waals surface area (Å²) in [5, 5.41) is 15.2. The molecule has 0 unspecified atom stereocenters. The number of phenols is 1. The van der Waals surface area contributed by atoms with E-state index in [0.29, 0.717) is 5.75 Å². The normalized spacial score (nSPS) is 22.9. The quantitative estimate of drug-likeness (QED) is 0.879. The molecule has 1 fully saturated rings. The molecule has 0 atom stereocenters. The molecule has 0 bridgehead atoms.